The third-order valence-corrected chi connectivity index (χ3v) is 3.76. The molecule has 5 N–H and O–H groups in total. The molecule has 1 atom stereocenters. The monoisotopic (exact) mass is 393 g/mol. The van der Waals surface area contributed by atoms with Gasteiger partial charge in [-0.2, -0.15) is 0 Å². The summed E-state index contributed by atoms with van der Waals surface area (Å²) in [6.07, 6.45) is 0. The van der Waals surface area contributed by atoms with Gasteiger partial charge in [0.25, 0.3) is 5.56 Å². The third-order valence-electron chi connectivity index (χ3n) is 3.76. The molecule has 0 aliphatic carbocycles. The van der Waals surface area contributed by atoms with Crippen molar-refractivity contribution in [1.82, 2.24) is 15.3 Å². The van der Waals surface area contributed by atoms with E-state index in [4.69, 9.17) is 5.73 Å². The van der Waals surface area contributed by atoms with Crippen LogP contribution < -0.4 is 21.9 Å². The van der Waals surface area contributed by atoms with Gasteiger partial charge in [0.05, 0.1) is 12.6 Å². The summed E-state index contributed by atoms with van der Waals surface area (Å²) in [5.41, 5.74) is 7.40. The number of aromatic amines is 1. The minimum Gasteiger partial charge on any atom is -0.346 e. The SMILES string of the molecule is Cc1cc(=O)[nH]c(-c2ccc(NC(=O)CNC(=O)[C@@H](N)C(C)C)cc2)n1.Cl. The Hall–Kier alpha value is -2.71. The lowest BCUT2D eigenvalue weighted by Crippen LogP contribution is -2.46. The number of aryl methyl sites for hydroxylation is 1. The van der Waals surface area contributed by atoms with Crippen molar-refractivity contribution in [3.63, 3.8) is 0 Å². The van der Waals surface area contributed by atoms with Crippen molar-refractivity contribution < 1.29 is 9.59 Å². The first-order chi connectivity index (χ1) is 12.3. The number of benzene rings is 1. The van der Waals surface area contributed by atoms with E-state index in [9.17, 15) is 14.4 Å². The molecule has 1 aromatic heterocycles. The fourth-order valence-electron chi connectivity index (χ4n) is 2.22. The maximum atomic E-state index is 11.9. The van der Waals surface area contributed by atoms with Crippen LogP contribution >= 0.6 is 12.4 Å². The number of amides is 2. The summed E-state index contributed by atoms with van der Waals surface area (Å²) in [7, 11) is 0. The van der Waals surface area contributed by atoms with E-state index in [1.165, 1.54) is 6.07 Å². The van der Waals surface area contributed by atoms with E-state index in [-0.39, 0.29) is 42.2 Å². The van der Waals surface area contributed by atoms with Gasteiger partial charge in [-0.25, -0.2) is 4.98 Å². The quantitative estimate of drug-likeness (QED) is 0.586. The van der Waals surface area contributed by atoms with Crippen LogP contribution in [-0.4, -0.2) is 34.4 Å². The topological polar surface area (TPSA) is 130 Å². The Kier molecular flexibility index (Phi) is 8.14. The summed E-state index contributed by atoms with van der Waals surface area (Å²) in [5, 5.41) is 5.19. The highest BCUT2D eigenvalue weighted by molar-refractivity contribution is 5.95. The predicted molar refractivity (Wildman–Crippen MR) is 107 cm³/mol. The highest BCUT2D eigenvalue weighted by Gasteiger charge is 2.17. The molecule has 2 amide bonds. The Balaban J connectivity index is 0.00000364. The zero-order chi connectivity index (χ0) is 19.3. The number of anilines is 1. The normalized spacial score (nSPS) is 11.4. The number of hydrogen-bond donors (Lipinski definition) is 4. The van der Waals surface area contributed by atoms with E-state index in [2.05, 4.69) is 20.6 Å². The number of H-pyrrole nitrogens is 1. The van der Waals surface area contributed by atoms with Crippen molar-refractivity contribution >= 4 is 29.9 Å². The number of nitrogens with two attached hydrogens (primary N) is 1. The average molecular weight is 394 g/mol. The van der Waals surface area contributed by atoms with E-state index < -0.39 is 6.04 Å². The number of nitrogens with zero attached hydrogens (tertiary/aromatic N) is 1. The van der Waals surface area contributed by atoms with Crippen LogP contribution in [0.3, 0.4) is 0 Å². The highest BCUT2D eigenvalue weighted by atomic mass is 35.5. The number of carbonyl (C=O) groups excluding carboxylic acids is 2. The van der Waals surface area contributed by atoms with Gasteiger partial charge in [0, 0.05) is 23.0 Å². The van der Waals surface area contributed by atoms with Crippen LogP contribution in [-0.2, 0) is 9.59 Å². The molecule has 146 valence electrons. The van der Waals surface area contributed by atoms with Gasteiger partial charge in [-0.3, -0.25) is 14.4 Å². The first-order valence-corrected chi connectivity index (χ1v) is 8.28. The van der Waals surface area contributed by atoms with E-state index in [1.807, 2.05) is 13.8 Å². The lowest BCUT2D eigenvalue weighted by Gasteiger charge is -2.15. The molecule has 0 spiro atoms. The van der Waals surface area contributed by atoms with Crippen LogP contribution in [0.25, 0.3) is 11.4 Å². The molecule has 27 heavy (non-hydrogen) atoms. The highest BCUT2D eigenvalue weighted by Crippen LogP contribution is 2.17. The van der Waals surface area contributed by atoms with Gasteiger partial charge in [-0.15, -0.1) is 12.4 Å². The first kappa shape index (κ1) is 22.3. The molecule has 0 aliphatic rings. The summed E-state index contributed by atoms with van der Waals surface area (Å²) in [5.74, 6) is -0.265. The van der Waals surface area contributed by atoms with Gasteiger partial charge in [-0.1, -0.05) is 13.8 Å². The lowest BCUT2D eigenvalue weighted by atomic mass is 10.1. The molecule has 0 saturated heterocycles. The molecule has 8 nitrogen and oxygen atoms in total. The first-order valence-electron chi connectivity index (χ1n) is 8.28. The Morgan fingerprint density at radius 1 is 1.22 bits per heavy atom. The maximum Gasteiger partial charge on any atom is 0.251 e. The summed E-state index contributed by atoms with van der Waals surface area (Å²) < 4.78 is 0. The van der Waals surface area contributed by atoms with Crippen molar-refractivity contribution in [1.29, 1.82) is 0 Å². The fraction of sp³-hybridized carbons (Fsp3) is 0.333. The molecule has 9 heteroatoms. The van der Waals surface area contributed by atoms with Gasteiger partial charge in [0.15, 0.2) is 0 Å². The molecule has 0 fully saturated rings. The molecule has 0 aliphatic heterocycles. The molecule has 1 heterocycles. The van der Waals surface area contributed by atoms with Crippen LogP contribution in [0.1, 0.15) is 19.5 Å². The summed E-state index contributed by atoms with van der Waals surface area (Å²) in [6.45, 7) is 5.25. The molecule has 2 aromatic rings. The molecular formula is C18H24ClN5O3. The second kappa shape index (κ2) is 9.84. The second-order valence-corrected chi connectivity index (χ2v) is 6.35. The standard InChI is InChI=1S/C18H23N5O3.ClH/c1-10(2)16(19)18(26)20-9-15(25)22-13-6-4-12(5-7-13)17-21-11(3)8-14(24)23-17;/h4-8,10,16H,9,19H2,1-3H3,(H,20,26)(H,22,25)(H,21,23,24);1H/t16-;/m0./s1. The van der Waals surface area contributed by atoms with Crippen LogP contribution in [0.2, 0.25) is 0 Å². The zero-order valence-electron chi connectivity index (χ0n) is 15.4. The van der Waals surface area contributed by atoms with Crippen molar-refractivity contribution in [2.45, 2.75) is 26.8 Å². The average Bonchev–Trinajstić information content (AvgIpc) is 2.58. The van der Waals surface area contributed by atoms with Gasteiger partial charge >= 0.3 is 0 Å². The summed E-state index contributed by atoms with van der Waals surface area (Å²) >= 11 is 0. The minimum absolute atomic E-state index is 0. The number of aromatic nitrogens is 2. The maximum absolute atomic E-state index is 11.9. The summed E-state index contributed by atoms with van der Waals surface area (Å²) in [6, 6.07) is 7.62. The Morgan fingerprint density at radius 2 is 1.85 bits per heavy atom. The smallest absolute Gasteiger partial charge is 0.251 e. The van der Waals surface area contributed by atoms with E-state index in [0.717, 1.165) is 5.56 Å². The molecular weight excluding hydrogens is 370 g/mol. The van der Waals surface area contributed by atoms with Gasteiger partial charge in [0.2, 0.25) is 11.8 Å². The molecule has 0 unspecified atom stereocenters. The van der Waals surface area contributed by atoms with Crippen molar-refractivity contribution in [3.05, 3.63) is 46.4 Å². The molecule has 2 rings (SSSR count). The largest absolute Gasteiger partial charge is 0.346 e. The summed E-state index contributed by atoms with van der Waals surface area (Å²) in [4.78, 5) is 42.1. The molecule has 0 radical (unpaired) electrons. The number of nitrogens with one attached hydrogen (secondary N) is 3. The minimum atomic E-state index is -0.647. The van der Waals surface area contributed by atoms with Gasteiger partial charge in [0.1, 0.15) is 5.82 Å². The molecule has 0 saturated carbocycles. The van der Waals surface area contributed by atoms with Crippen molar-refractivity contribution in [2.24, 2.45) is 11.7 Å². The van der Waals surface area contributed by atoms with Crippen molar-refractivity contribution in [3.8, 4) is 11.4 Å². The van der Waals surface area contributed by atoms with Crippen LogP contribution in [0.5, 0.6) is 0 Å². The van der Waals surface area contributed by atoms with E-state index in [0.29, 0.717) is 17.2 Å². The molecule has 0 bridgehead atoms. The number of hydrogen-bond acceptors (Lipinski definition) is 5. The van der Waals surface area contributed by atoms with Crippen LogP contribution in [0, 0.1) is 12.8 Å². The van der Waals surface area contributed by atoms with Gasteiger partial charge in [-0.05, 0) is 37.1 Å². The zero-order valence-corrected chi connectivity index (χ0v) is 16.2. The lowest BCUT2D eigenvalue weighted by molar-refractivity contribution is -0.125. The third kappa shape index (κ3) is 6.50. The fourth-order valence-corrected chi connectivity index (χ4v) is 2.22. The van der Waals surface area contributed by atoms with Crippen molar-refractivity contribution in [2.75, 3.05) is 11.9 Å². The Morgan fingerprint density at radius 3 is 2.41 bits per heavy atom. The number of carbonyl (C=O) groups is 2. The van der Waals surface area contributed by atoms with E-state index >= 15 is 0 Å². The Bertz CT molecular complexity index is 849. The predicted octanol–water partition coefficient (Wildman–Crippen LogP) is 1.21. The van der Waals surface area contributed by atoms with Crippen LogP contribution in [0.4, 0.5) is 5.69 Å². The van der Waals surface area contributed by atoms with E-state index in [1.54, 1.807) is 31.2 Å². The number of halogens is 1. The van der Waals surface area contributed by atoms with Gasteiger partial charge < -0.3 is 21.4 Å². The second-order valence-electron chi connectivity index (χ2n) is 6.35. The van der Waals surface area contributed by atoms with Crippen LogP contribution in [0.15, 0.2) is 35.1 Å². The Labute approximate surface area is 163 Å². The number of rotatable bonds is 6. The molecule has 1 aromatic carbocycles.